The second-order valence-electron chi connectivity index (χ2n) is 9.95. The molecule has 0 bridgehead atoms. The molecule has 1 aromatic heterocycles. The predicted molar refractivity (Wildman–Crippen MR) is 172 cm³/mol. The van der Waals surface area contributed by atoms with Crippen molar-refractivity contribution in [3.63, 3.8) is 0 Å². The van der Waals surface area contributed by atoms with Crippen molar-refractivity contribution in [2.75, 3.05) is 5.75 Å². The first-order valence-corrected chi connectivity index (χ1v) is 16.1. The SMILES string of the molecule is O=C(NC(Oc1ccc(CCCS(=O)(=O)c2ccc(Cl)cc2)cc1)C(=O)O)c1cccc(C=Cc2nc3cc(Cl)ccc3o2)c1. The van der Waals surface area contributed by atoms with Crippen LogP contribution in [-0.4, -0.2) is 42.4 Å². The first kappa shape index (κ1) is 31.8. The number of ether oxygens (including phenoxy) is 1. The summed E-state index contributed by atoms with van der Waals surface area (Å²) in [6, 6.07) is 24.3. The molecule has 0 aliphatic rings. The second-order valence-corrected chi connectivity index (χ2v) is 12.9. The fraction of sp³-hybridized carbons (Fsp3) is 0.121. The molecule has 0 aliphatic carbocycles. The lowest BCUT2D eigenvalue weighted by molar-refractivity contribution is -0.146. The Balaban J connectivity index is 1.16. The Morgan fingerprint density at radius 1 is 0.933 bits per heavy atom. The van der Waals surface area contributed by atoms with Crippen LogP contribution in [0.25, 0.3) is 23.3 Å². The van der Waals surface area contributed by atoms with Gasteiger partial charge in [0.15, 0.2) is 15.4 Å². The number of aliphatic carboxylic acids is 1. The van der Waals surface area contributed by atoms with E-state index in [0.717, 1.165) is 5.56 Å². The number of hydrogen-bond donors (Lipinski definition) is 2. The fourth-order valence-electron chi connectivity index (χ4n) is 4.38. The van der Waals surface area contributed by atoms with E-state index in [4.69, 9.17) is 32.4 Å². The first-order valence-electron chi connectivity index (χ1n) is 13.7. The Labute approximate surface area is 269 Å². The van der Waals surface area contributed by atoms with Crippen molar-refractivity contribution in [2.45, 2.75) is 24.0 Å². The number of sulfone groups is 1. The molecule has 1 amide bonds. The Morgan fingerprint density at radius 3 is 2.40 bits per heavy atom. The topological polar surface area (TPSA) is 136 Å². The van der Waals surface area contributed by atoms with Crippen LogP contribution in [0.5, 0.6) is 5.75 Å². The van der Waals surface area contributed by atoms with Crippen LogP contribution in [-0.2, 0) is 21.1 Å². The zero-order valence-electron chi connectivity index (χ0n) is 23.5. The summed E-state index contributed by atoms with van der Waals surface area (Å²) in [4.78, 5) is 29.4. The van der Waals surface area contributed by atoms with Crippen molar-refractivity contribution in [2.24, 2.45) is 0 Å². The van der Waals surface area contributed by atoms with E-state index in [1.54, 1.807) is 78.9 Å². The van der Waals surface area contributed by atoms with Crippen LogP contribution in [0.3, 0.4) is 0 Å². The lowest BCUT2D eigenvalue weighted by Crippen LogP contribution is -2.44. The highest BCUT2D eigenvalue weighted by Gasteiger charge is 2.23. The summed E-state index contributed by atoms with van der Waals surface area (Å²) in [5, 5.41) is 13.1. The van der Waals surface area contributed by atoms with Gasteiger partial charge in [-0.1, -0.05) is 47.5 Å². The molecule has 1 unspecified atom stereocenters. The Hall–Kier alpha value is -4.64. The van der Waals surface area contributed by atoms with Crippen LogP contribution in [0.1, 0.15) is 33.8 Å². The maximum Gasteiger partial charge on any atom is 0.366 e. The van der Waals surface area contributed by atoms with E-state index < -0.39 is 27.9 Å². The number of hydrogen-bond acceptors (Lipinski definition) is 7. The third-order valence-electron chi connectivity index (χ3n) is 6.65. The van der Waals surface area contributed by atoms with E-state index in [-0.39, 0.29) is 22.0 Å². The average Bonchev–Trinajstić information content (AvgIpc) is 3.43. The van der Waals surface area contributed by atoms with E-state index in [1.165, 1.54) is 24.3 Å². The molecule has 0 radical (unpaired) electrons. The molecule has 5 rings (SSSR count). The van der Waals surface area contributed by atoms with E-state index in [9.17, 15) is 23.1 Å². The Morgan fingerprint density at radius 2 is 1.67 bits per heavy atom. The summed E-state index contributed by atoms with van der Waals surface area (Å²) in [7, 11) is -3.44. The van der Waals surface area contributed by atoms with Crippen molar-refractivity contribution < 1.29 is 32.3 Å². The van der Waals surface area contributed by atoms with Gasteiger partial charge in [0.05, 0.1) is 10.6 Å². The minimum atomic E-state index is -3.44. The number of nitrogens with one attached hydrogen (secondary N) is 1. The van der Waals surface area contributed by atoms with Crippen molar-refractivity contribution in [1.82, 2.24) is 10.3 Å². The summed E-state index contributed by atoms with van der Waals surface area (Å²) in [6.45, 7) is 0. The standard InChI is InChI=1S/C33H26Cl2N2O7S/c34-24-9-14-27(15-10-24)45(41,42)18-2-4-21-6-12-26(13-7-21)43-32(33(39)40)37-31(38)23-5-1-3-22(19-23)8-17-30-36-28-20-25(35)11-16-29(28)44-30/h1,3,5-17,19-20,32H,2,4,18H2,(H,37,38)(H,39,40). The van der Waals surface area contributed by atoms with Gasteiger partial charge in [0.1, 0.15) is 11.3 Å². The molecule has 0 spiro atoms. The van der Waals surface area contributed by atoms with E-state index >= 15 is 0 Å². The summed E-state index contributed by atoms with van der Waals surface area (Å²) < 4.78 is 36.3. The molecule has 12 heteroatoms. The van der Waals surface area contributed by atoms with Gasteiger partial charge in [-0.15, -0.1) is 0 Å². The van der Waals surface area contributed by atoms with Gasteiger partial charge in [-0.05, 0) is 96.8 Å². The van der Waals surface area contributed by atoms with Gasteiger partial charge >= 0.3 is 5.97 Å². The maximum absolute atomic E-state index is 12.9. The summed E-state index contributed by atoms with van der Waals surface area (Å²) in [5.41, 5.74) is 2.93. The number of aromatic nitrogens is 1. The van der Waals surface area contributed by atoms with Crippen molar-refractivity contribution in [3.8, 4) is 5.75 Å². The van der Waals surface area contributed by atoms with Crippen LogP contribution >= 0.6 is 23.2 Å². The number of nitrogens with zero attached hydrogens (tertiary/aromatic N) is 1. The Bertz CT molecular complexity index is 1970. The van der Waals surface area contributed by atoms with Gasteiger partial charge in [0.2, 0.25) is 5.89 Å². The molecule has 0 saturated carbocycles. The number of rotatable bonds is 12. The van der Waals surface area contributed by atoms with Crippen LogP contribution in [0, 0.1) is 0 Å². The molecule has 0 saturated heterocycles. The van der Waals surface area contributed by atoms with Crippen LogP contribution in [0.4, 0.5) is 0 Å². The number of fused-ring (bicyclic) bond motifs is 1. The third-order valence-corrected chi connectivity index (χ3v) is 8.95. The maximum atomic E-state index is 12.9. The number of oxazole rings is 1. The first-order chi connectivity index (χ1) is 21.6. The molecular formula is C33H26Cl2N2O7S. The number of aryl methyl sites for hydroxylation is 1. The number of carboxylic acid groups (broad SMARTS) is 1. The van der Waals surface area contributed by atoms with E-state index in [1.807, 2.05) is 0 Å². The molecular weight excluding hydrogens is 639 g/mol. The van der Waals surface area contributed by atoms with E-state index in [2.05, 4.69) is 10.3 Å². The number of carboxylic acids is 1. The summed E-state index contributed by atoms with van der Waals surface area (Å²) in [6.07, 6.45) is 2.58. The van der Waals surface area contributed by atoms with Gasteiger partial charge in [-0.2, -0.15) is 0 Å². The number of carbonyl (C=O) groups is 2. The molecule has 230 valence electrons. The minimum Gasteiger partial charge on any atom is -0.477 e. The summed E-state index contributed by atoms with van der Waals surface area (Å²) in [5.74, 6) is -1.49. The molecule has 45 heavy (non-hydrogen) atoms. The number of carbonyl (C=O) groups excluding carboxylic acids is 1. The quantitative estimate of drug-likeness (QED) is 0.137. The minimum absolute atomic E-state index is 0.0386. The molecule has 4 aromatic carbocycles. The zero-order valence-corrected chi connectivity index (χ0v) is 25.9. The highest BCUT2D eigenvalue weighted by molar-refractivity contribution is 7.91. The second kappa shape index (κ2) is 14.0. The Kier molecular flexibility index (Phi) is 9.87. The molecule has 5 aromatic rings. The largest absolute Gasteiger partial charge is 0.477 e. The molecule has 0 fully saturated rings. The predicted octanol–water partition coefficient (Wildman–Crippen LogP) is 6.93. The molecule has 2 N–H and O–H groups in total. The zero-order chi connectivity index (χ0) is 32.0. The van der Waals surface area contributed by atoms with Crippen molar-refractivity contribution in [3.05, 3.63) is 124 Å². The number of benzene rings is 4. The van der Waals surface area contributed by atoms with Gasteiger partial charge in [-0.25, -0.2) is 18.2 Å². The normalized spacial score (nSPS) is 12.3. The van der Waals surface area contributed by atoms with Gasteiger partial charge in [-0.3, -0.25) is 4.79 Å². The van der Waals surface area contributed by atoms with Crippen LogP contribution in [0.15, 0.2) is 100 Å². The lowest BCUT2D eigenvalue weighted by Gasteiger charge is -2.17. The molecule has 1 heterocycles. The van der Waals surface area contributed by atoms with E-state index in [0.29, 0.717) is 45.4 Å². The average molecular weight is 666 g/mol. The van der Waals surface area contributed by atoms with Crippen LogP contribution < -0.4 is 10.1 Å². The molecule has 9 nitrogen and oxygen atoms in total. The van der Waals surface area contributed by atoms with Crippen molar-refractivity contribution >= 4 is 68.2 Å². The van der Waals surface area contributed by atoms with Gasteiger partial charge < -0.3 is 19.6 Å². The van der Waals surface area contributed by atoms with Gasteiger partial charge in [0.25, 0.3) is 12.1 Å². The van der Waals surface area contributed by atoms with Gasteiger partial charge in [0, 0.05) is 21.7 Å². The fourth-order valence-corrected chi connectivity index (χ4v) is 5.98. The molecule has 0 aliphatic heterocycles. The van der Waals surface area contributed by atoms with Crippen LogP contribution in [0.2, 0.25) is 10.0 Å². The monoisotopic (exact) mass is 664 g/mol. The highest BCUT2D eigenvalue weighted by Crippen LogP contribution is 2.22. The van der Waals surface area contributed by atoms with Crippen molar-refractivity contribution in [1.29, 1.82) is 0 Å². The number of halogens is 2. The third kappa shape index (κ3) is 8.51. The lowest BCUT2D eigenvalue weighted by atomic mass is 10.1. The molecule has 1 atom stereocenters. The number of amides is 1. The highest BCUT2D eigenvalue weighted by atomic mass is 35.5. The summed E-state index contributed by atoms with van der Waals surface area (Å²) >= 11 is 11.8. The smallest absolute Gasteiger partial charge is 0.366 e.